The minimum atomic E-state index is -0.373. The summed E-state index contributed by atoms with van der Waals surface area (Å²) < 4.78 is 7.56. The zero-order valence-corrected chi connectivity index (χ0v) is 14.7. The number of carbonyl (C=O) groups excluding carboxylic acids is 1. The van der Waals surface area contributed by atoms with E-state index in [-0.39, 0.29) is 17.9 Å². The van der Waals surface area contributed by atoms with E-state index >= 15 is 0 Å². The van der Waals surface area contributed by atoms with Crippen molar-refractivity contribution in [2.24, 2.45) is 7.05 Å². The summed E-state index contributed by atoms with van der Waals surface area (Å²) in [5.74, 6) is 1.87. The number of hydrogen-bond donors (Lipinski definition) is 1. The van der Waals surface area contributed by atoms with E-state index in [9.17, 15) is 4.79 Å². The van der Waals surface area contributed by atoms with Crippen LogP contribution in [0.5, 0.6) is 5.75 Å². The van der Waals surface area contributed by atoms with Gasteiger partial charge < -0.3 is 14.6 Å². The second-order valence-electron chi connectivity index (χ2n) is 6.42. The molecule has 0 radical (unpaired) electrons. The molecule has 1 aromatic heterocycles. The number of rotatable bonds is 4. The first kappa shape index (κ1) is 16.3. The number of aryl methyl sites for hydroxylation is 1. The summed E-state index contributed by atoms with van der Waals surface area (Å²) >= 11 is 0. The fourth-order valence-corrected chi connectivity index (χ4v) is 3.24. The van der Waals surface area contributed by atoms with E-state index in [0.29, 0.717) is 12.4 Å². The summed E-state index contributed by atoms with van der Waals surface area (Å²) in [6.07, 6.45) is 0. The van der Waals surface area contributed by atoms with Crippen LogP contribution >= 0.6 is 0 Å². The first-order chi connectivity index (χ1) is 12.6. The van der Waals surface area contributed by atoms with Crippen LogP contribution in [0.1, 0.15) is 34.7 Å². The van der Waals surface area contributed by atoms with Gasteiger partial charge in [-0.1, -0.05) is 48.5 Å². The molecule has 2 aromatic carbocycles. The molecule has 26 heavy (non-hydrogen) atoms. The number of carbonyl (C=O) groups is 1. The lowest BCUT2D eigenvalue weighted by Gasteiger charge is -2.20. The van der Waals surface area contributed by atoms with Crippen LogP contribution in [0.15, 0.2) is 54.6 Å². The van der Waals surface area contributed by atoms with Gasteiger partial charge in [-0.05, 0) is 18.6 Å². The molecular weight excluding hydrogens is 328 g/mol. The monoisotopic (exact) mass is 348 g/mol. The van der Waals surface area contributed by atoms with Crippen LogP contribution in [-0.2, 0) is 11.8 Å². The lowest BCUT2D eigenvalue weighted by Crippen LogP contribution is -2.35. The second kappa shape index (κ2) is 6.63. The van der Waals surface area contributed by atoms with Gasteiger partial charge in [0.15, 0.2) is 5.82 Å². The molecule has 1 amide bonds. The van der Waals surface area contributed by atoms with Crippen molar-refractivity contribution in [2.45, 2.75) is 18.9 Å². The maximum absolute atomic E-state index is 13.0. The van der Waals surface area contributed by atoms with E-state index in [4.69, 9.17) is 4.74 Å². The van der Waals surface area contributed by atoms with Gasteiger partial charge in [-0.25, -0.2) is 0 Å². The highest BCUT2D eigenvalue weighted by Crippen LogP contribution is 2.34. The van der Waals surface area contributed by atoms with E-state index in [1.165, 1.54) is 0 Å². The first-order valence-electron chi connectivity index (χ1n) is 8.58. The van der Waals surface area contributed by atoms with Gasteiger partial charge in [0.25, 0.3) is 0 Å². The van der Waals surface area contributed by atoms with Gasteiger partial charge >= 0.3 is 0 Å². The zero-order valence-electron chi connectivity index (χ0n) is 14.7. The van der Waals surface area contributed by atoms with Crippen molar-refractivity contribution in [3.63, 3.8) is 0 Å². The maximum Gasteiger partial charge on any atom is 0.232 e. The molecule has 0 saturated heterocycles. The topological polar surface area (TPSA) is 69.0 Å². The third kappa shape index (κ3) is 2.83. The van der Waals surface area contributed by atoms with E-state index in [2.05, 4.69) is 15.5 Å². The number of amides is 1. The quantitative estimate of drug-likeness (QED) is 0.787. The van der Waals surface area contributed by atoms with Crippen LogP contribution in [0.4, 0.5) is 0 Å². The Bertz CT molecular complexity index is 936. The van der Waals surface area contributed by atoms with Gasteiger partial charge in [-0.2, -0.15) is 0 Å². The Kier molecular flexibility index (Phi) is 4.16. The molecule has 0 spiro atoms. The van der Waals surface area contributed by atoms with Crippen molar-refractivity contribution in [1.82, 2.24) is 20.1 Å². The molecule has 1 N–H and O–H groups in total. The number of benzene rings is 2. The Labute approximate surface area is 151 Å². The Morgan fingerprint density at radius 3 is 2.62 bits per heavy atom. The zero-order chi connectivity index (χ0) is 18.1. The minimum absolute atomic E-state index is 0.0792. The van der Waals surface area contributed by atoms with Gasteiger partial charge in [0, 0.05) is 12.6 Å². The number of hydrogen-bond acceptors (Lipinski definition) is 4. The fraction of sp³-hybridized carbons (Fsp3) is 0.250. The molecule has 1 aliphatic rings. The second-order valence-corrected chi connectivity index (χ2v) is 6.42. The van der Waals surface area contributed by atoms with Crippen LogP contribution in [0.3, 0.4) is 0 Å². The molecule has 3 aromatic rings. The number of nitrogens with zero attached hydrogens (tertiary/aromatic N) is 3. The lowest BCUT2D eigenvalue weighted by atomic mass is 9.99. The fourth-order valence-electron chi connectivity index (χ4n) is 3.24. The molecule has 0 fully saturated rings. The number of nitrogens with one attached hydrogen (secondary N) is 1. The van der Waals surface area contributed by atoms with Gasteiger partial charge in [0.1, 0.15) is 30.1 Å². The highest BCUT2D eigenvalue weighted by molar-refractivity contribution is 5.86. The van der Waals surface area contributed by atoms with Crippen LogP contribution in [0.25, 0.3) is 0 Å². The van der Waals surface area contributed by atoms with Crippen LogP contribution in [0.2, 0.25) is 0 Å². The Morgan fingerprint density at radius 1 is 1.15 bits per heavy atom. The van der Waals surface area contributed by atoms with Crippen LogP contribution < -0.4 is 10.1 Å². The average Bonchev–Trinajstić information content (AvgIpc) is 3.25. The molecular formula is C20H20N4O2. The summed E-state index contributed by atoms with van der Waals surface area (Å²) in [6.45, 7) is 2.24. The molecule has 0 bridgehead atoms. The third-order valence-electron chi connectivity index (χ3n) is 4.82. The molecule has 4 rings (SSSR count). The summed E-state index contributed by atoms with van der Waals surface area (Å²) in [5.41, 5.74) is 1.88. The number of fused-ring (bicyclic) bond motifs is 1. The van der Waals surface area contributed by atoms with E-state index in [1.54, 1.807) is 0 Å². The largest absolute Gasteiger partial charge is 0.492 e. The molecule has 0 saturated carbocycles. The smallest absolute Gasteiger partial charge is 0.232 e. The third-order valence-corrected chi connectivity index (χ3v) is 4.82. The Balaban J connectivity index is 1.66. The highest BCUT2D eigenvalue weighted by atomic mass is 16.5. The molecule has 2 atom stereocenters. The Morgan fingerprint density at radius 2 is 1.88 bits per heavy atom. The predicted octanol–water partition coefficient (Wildman–Crippen LogP) is 2.51. The summed E-state index contributed by atoms with van der Waals surface area (Å²) in [4.78, 5) is 13.0. The molecule has 1 aliphatic heterocycles. The first-order valence-corrected chi connectivity index (χ1v) is 8.58. The van der Waals surface area contributed by atoms with Crippen molar-refractivity contribution in [1.29, 1.82) is 0 Å². The van der Waals surface area contributed by atoms with Crippen molar-refractivity contribution in [2.75, 3.05) is 6.61 Å². The molecule has 0 unspecified atom stereocenters. The molecule has 132 valence electrons. The van der Waals surface area contributed by atoms with Crippen molar-refractivity contribution in [3.8, 4) is 5.75 Å². The van der Waals surface area contributed by atoms with Crippen LogP contribution in [-0.4, -0.2) is 27.3 Å². The van der Waals surface area contributed by atoms with Gasteiger partial charge in [0.05, 0.1) is 0 Å². The lowest BCUT2D eigenvalue weighted by molar-refractivity contribution is -0.123. The summed E-state index contributed by atoms with van der Waals surface area (Å²) in [6, 6.07) is 17.1. The van der Waals surface area contributed by atoms with Gasteiger partial charge in [-0.15, -0.1) is 10.2 Å². The normalized spacial score (nSPS) is 16.6. The van der Waals surface area contributed by atoms with Gasteiger partial charge in [-0.3, -0.25) is 4.79 Å². The SMILES string of the molecule is Cc1nnc([C@@H](NC(=O)[C@H]2COc3ccccc32)c2ccccc2)n1C. The van der Waals surface area contributed by atoms with Crippen molar-refractivity contribution in [3.05, 3.63) is 77.4 Å². The minimum Gasteiger partial charge on any atom is -0.492 e. The van der Waals surface area contributed by atoms with Gasteiger partial charge in [0.2, 0.25) is 5.91 Å². The summed E-state index contributed by atoms with van der Waals surface area (Å²) in [5, 5.41) is 11.6. The van der Waals surface area contributed by atoms with Crippen molar-refractivity contribution < 1.29 is 9.53 Å². The van der Waals surface area contributed by atoms with E-state index < -0.39 is 0 Å². The van der Waals surface area contributed by atoms with E-state index in [1.807, 2.05) is 73.1 Å². The molecule has 2 heterocycles. The standard InChI is InChI=1S/C20H20N4O2/c1-13-22-23-19(24(13)2)18(14-8-4-3-5-9-14)21-20(25)16-12-26-17-11-7-6-10-15(16)17/h3-11,16,18H,12H2,1-2H3,(H,21,25)/t16-,18-/m0/s1. The van der Waals surface area contributed by atoms with Crippen LogP contribution in [0, 0.1) is 6.92 Å². The number of ether oxygens (including phenoxy) is 1. The predicted molar refractivity (Wildman–Crippen MR) is 96.8 cm³/mol. The number of aromatic nitrogens is 3. The van der Waals surface area contributed by atoms with Crippen molar-refractivity contribution >= 4 is 5.91 Å². The average molecular weight is 348 g/mol. The molecule has 6 nitrogen and oxygen atoms in total. The van der Waals surface area contributed by atoms with E-state index in [0.717, 1.165) is 22.7 Å². The molecule has 6 heteroatoms. The maximum atomic E-state index is 13.0. The Hall–Kier alpha value is -3.15. The highest BCUT2D eigenvalue weighted by Gasteiger charge is 2.32. The summed E-state index contributed by atoms with van der Waals surface area (Å²) in [7, 11) is 1.90. The number of para-hydroxylation sites is 1. The molecule has 0 aliphatic carbocycles.